The summed E-state index contributed by atoms with van der Waals surface area (Å²) in [4.78, 5) is 0. The molecule has 1 atom stereocenters. The van der Waals surface area contributed by atoms with E-state index in [9.17, 15) is 0 Å². The van der Waals surface area contributed by atoms with E-state index in [1.54, 1.807) is 0 Å². The Balaban J connectivity index is 2.19. The zero-order chi connectivity index (χ0) is 15.3. The highest BCUT2D eigenvalue weighted by Gasteiger charge is 2.45. The van der Waals surface area contributed by atoms with Crippen molar-refractivity contribution in [1.29, 1.82) is 0 Å². The molecule has 0 N–H and O–H groups in total. The lowest BCUT2D eigenvalue weighted by Gasteiger charge is -2.34. The van der Waals surface area contributed by atoms with Crippen molar-refractivity contribution < 1.29 is 9.47 Å². The SMILES string of the molecule is CC(C)CCC1(CCC(C)C)OCOC1c1ccccc1. The van der Waals surface area contributed by atoms with Gasteiger partial charge in [-0.15, -0.1) is 0 Å². The van der Waals surface area contributed by atoms with Crippen molar-refractivity contribution in [2.24, 2.45) is 11.8 Å². The van der Waals surface area contributed by atoms with Crippen LogP contribution in [-0.4, -0.2) is 12.4 Å². The summed E-state index contributed by atoms with van der Waals surface area (Å²) in [5, 5.41) is 0. The number of hydrogen-bond donors (Lipinski definition) is 0. The molecular weight excluding hydrogens is 260 g/mol. The fraction of sp³-hybridized carbons (Fsp3) is 0.684. The Morgan fingerprint density at radius 2 is 1.57 bits per heavy atom. The van der Waals surface area contributed by atoms with E-state index in [1.165, 1.54) is 18.4 Å². The van der Waals surface area contributed by atoms with Gasteiger partial charge in [-0.3, -0.25) is 0 Å². The summed E-state index contributed by atoms with van der Waals surface area (Å²) < 4.78 is 12.2. The molecule has 1 unspecified atom stereocenters. The van der Waals surface area contributed by atoms with Crippen molar-refractivity contribution in [3.05, 3.63) is 35.9 Å². The van der Waals surface area contributed by atoms with Crippen LogP contribution in [0.25, 0.3) is 0 Å². The van der Waals surface area contributed by atoms with Crippen molar-refractivity contribution in [3.63, 3.8) is 0 Å². The largest absolute Gasteiger partial charge is 0.346 e. The molecule has 1 fully saturated rings. The molecular formula is C19H30O2. The first kappa shape index (κ1) is 16.5. The van der Waals surface area contributed by atoms with E-state index >= 15 is 0 Å². The molecule has 1 aliphatic rings. The van der Waals surface area contributed by atoms with Crippen molar-refractivity contribution in [3.8, 4) is 0 Å². The molecule has 0 amide bonds. The summed E-state index contributed by atoms with van der Waals surface area (Å²) in [5.74, 6) is 1.39. The van der Waals surface area contributed by atoms with Crippen LogP contribution in [-0.2, 0) is 9.47 Å². The van der Waals surface area contributed by atoms with E-state index in [0.29, 0.717) is 18.6 Å². The Hall–Kier alpha value is -0.860. The maximum atomic E-state index is 6.19. The smallest absolute Gasteiger partial charge is 0.148 e. The molecule has 0 bridgehead atoms. The third-order valence-electron chi connectivity index (χ3n) is 4.45. The molecule has 2 rings (SSSR count). The molecule has 1 aromatic rings. The van der Waals surface area contributed by atoms with E-state index in [4.69, 9.17) is 9.47 Å². The minimum atomic E-state index is -0.143. The molecule has 0 spiro atoms. The number of hydrogen-bond acceptors (Lipinski definition) is 2. The average Bonchev–Trinajstić information content (AvgIpc) is 2.88. The van der Waals surface area contributed by atoms with Crippen LogP contribution in [0.1, 0.15) is 65.0 Å². The van der Waals surface area contributed by atoms with Crippen LogP contribution in [0.4, 0.5) is 0 Å². The Labute approximate surface area is 129 Å². The maximum Gasteiger partial charge on any atom is 0.148 e. The van der Waals surface area contributed by atoms with Gasteiger partial charge in [-0.2, -0.15) is 0 Å². The second-order valence-corrected chi connectivity index (χ2v) is 7.15. The fourth-order valence-electron chi connectivity index (χ4n) is 3.07. The highest BCUT2D eigenvalue weighted by atomic mass is 16.7. The van der Waals surface area contributed by atoms with Crippen molar-refractivity contribution in [2.45, 2.75) is 65.1 Å². The fourth-order valence-corrected chi connectivity index (χ4v) is 3.07. The van der Waals surface area contributed by atoms with Crippen LogP contribution >= 0.6 is 0 Å². The Morgan fingerprint density at radius 1 is 1.00 bits per heavy atom. The molecule has 0 saturated carbocycles. The molecule has 1 aliphatic heterocycles. The van der Waals surface area contributed by atoms with Crippen LogP contribution in [0.5, 0.6) is 0 Å². The predicted octanol–water partition coefficient (Wildman–Crippen LogP) is 5.34. The van der Waals surface area contributed by atoms with Crippen molar-refractivity contribution >= 4 is 0 Å². The lowest BCUT2D eigenvalue weighted by Crippen LogP contribution is -2.35. The van der Waals surface area contributed by atoms with E-state index in [-0.39, 0.29) is 11.7 Å². The zero-order valence-corrected chi connectivity index (χ0v) is 14.0. The highest BCUT2D eigenvalue weighted by molar-refractivity contribution is 5.21. The first-order valence-electron chi connectivity index (χ1n) is 8.34. The van der Waals surface area contributed by atoms with Gasteiger partial charge in [0, 0.05) is 0 Å². The van der Waals surface area contributed by atoms with Crippen LogP contribution in [0.15, 0.2) is 30.3 Å². The van der Waals surface area contributed by atoms with Gasteiger partial charge in [0.2, 0.25) is 0 Å². The van der Waals surface area contributed by atoms with Gasteiger partial charge in [0.05, 0.1) is 0 Å². The minimum absolute atomic E-state index is 0.0798. The second kappa shape index (κ2) is 7.42. The van der Waals surface area contributed by atoms with Gasteiger partial charge < -0.3 is 9.47 Å². The van der Waals surface area contributed by atoms with E-state index in [2.05, 4.69) is 58.0 Å². The van der Waals surface area contributed by atoms with Gasteiger partial charge in [-0.05, 0) is 43.1 Å². The summed E-state index contributed by atoms with van der Waals surface area (Å²) >= 11 is 0. The van der Waals surface area contributed by atoms with Crippen LogP contribution in [0.3, 0.4) is 0 Å². The summed E-state index contributed by atoms with van der Waals surface area (Å²) in [5.41, 5.74) is 1.11. The quantitative estimate of drug-likeness (QED) is 0.674. The molecule has 118 valence electrons. The third-order valence-corrected chi connectivity index (χ3v) is 4.45. The lowest BCUT2D eigenvalue weighted by atomic mass is 9.80. The molecule has 1 aromatic carbocycles. The summed E-state index contributed by atoms with van der Waals surface area (Å²) in [6.45, 7) is 9.55. The van der Waals surface area contributed by atoms with E-state index < -0.39 is 0 Å². The van der Waals surface area contributed by atoms with Gasteiger partial charge in [-0.25, -0.2) is 0 Å². The summed E-state index contributed by atoms with van der Waals surface area (Å²) in [6, 6.07) is 10.6. The third kappa shape index (κ3) is 4.31. The van der Waals surface area contributed by atoms with Crippen molar-refractivity contribution in [2.75, 3.05) is 6.79 Å². The molecule has 0 aliphatic carbocycles. The first-order valence-corrected chi connectivity index (χ1v) is 8.34. The molecule has 2 heteroatoms. The topological polar surface area (TPSA) is 18.5 Å². The molecule has 2 nitrogen and oxygen atoms in total. The number of benzene rings is 1. The van der Waals surface area contributed by atoms with Crippen LogP contribution < -0.4 is 0 Å². The predicted molar refractivity (Wildman–Crippen MR) is 87.1 cm³/mol. The normalized spacial score (nSPS) is 21.3. The summed E-state index contributed by atoms with van der Waals surface area (Å²) in [6.07, 6.45) is 4.61. The lowest BCUT2D eigenvalue weighted by molar-refractivity contribution is -0.0291. The van der Waals surface area contributed by atoms with Gasteiger partial charge in [0.15, 0.2) is 0 Å². The molecule has 1 saturated heterocycles. The van der Waals surface area contributed by atoms with Crippen LogP contribution in [0, 0.1) is 11.8 Å². The number of rotatable bonds is 7. The molecule has 1 heterocycles. The standard InChI is InChI=1S/C19H30O2/c1-15(2)10-12-19(13-11-16(3)4)18(20-14-21-19)17-8-6-5-7-9-17/h5-9,15-16,18H,10-14H2,1-4H3. The summed E-state index contributed by atoms with van der Waals surface area (Å²) in [7, 11) is 0. The van der Waals surface area contributed by atoms with E-state index in [0.717, 1.165) is 12.8 Å². The van der Waals surface area contributed by atoms with E-state index in [1.807, 2.05) is 0 Å². The minimum Gasteiger partial charge on any atom is -0.346 e. The molecule has 21 heavy (non-hydrogen) atoms. The Kier molecular flexibility index (Phi) is 5.83. The Morgan fingerprint density at radius 3 is 2.10 bits per heavy atom. The monoisotopic (exact) mass is 290 g/mol. The Bertz CT molecular complexity index is 399. The van der Waals surface area contributed by atoms with Gasteiger partial charge >= 0.3 is 0 Å². The van der Waals surface area contributed by atoms with Crippen LogP contribution in [0.2, 0.25) is 0 Å². The average molecular weight is 290 g/mol. The zero-order valence-electron chi connectivity index (χ0n) is 14.0. The maximum absolute atomic E-state index is 6.19. The molecule has 0 aromatic heterocycles. The van der Waals surface area contributed by atoms with Gasteiger partial charge in [0.25, 0.3) is 0 Å². The first-order chi connectivity index (χ1) is 10.0. The van der Waals surface area contributed by atoms with Gasteiger partial charge in [-0.1, -0.05) is 58.0 Å². The second-order valence-electron chi connectivity index (χ2n) is 7.15. The number of ether oxygens (including phenoxy) is 2. The highest BCUT2D eigenvalue weighted by Crippen LogP contribution is 2.45. The van der Waals surface area contributed by atoms with Gasteiger partial charge in [0.1, 0.15) is 18.5 Å². The van der Waals surface area contributed by atoms with Crippen molar-refractivity contribution in [1.82, 2.24) is 0 Å². The molecule has 0 radical (unpaired) electrons.